The maximum Gasteiger partial charge on any atom is 0.154 e. The van der Waals surface area contributed by atoms with Crippen LogP contribution in [0.25, 0.3) is 22.3 Å². The first kappa shape index (κ1) is 22.3. The van der Waals surface area contributed by atoms with E-state index in [1.54, 1.807) is 29.2 Å². The van der Waals surface area contributed by atoms with Crippen molar-refractivity contribution >= 4 is 11.4 Å². The van der Waals surface area contributed by atoms with E-state index in [0.717, 1.165) is 16.7 Å². The second kappa shape index (κ2) is 7.80. The Morgan fingerprint density at radius 3 is 1.91 bits per heavy atom. The Kier molecular flexibility index (Phi) is 5.12. The minimum Gasteiger partial charge on any atom is -0.331 e. The first-order valence-electron chi connectivity index (χ1n) is 11.7. The van der Waals surface area contributed by atoms with Crippen LogP contribution in [0.4, 0.5) is 20.2 Å². The maximum absolute atomic E-state index is 16.4. The largest absolute Gasteiger partial charge is 0.331 e. The van der Waals surface area contributed by atoms with E-state index in [-0.39, 0.29) is 17.0 Å². The van der Waals surface area contributed by atoms with E-state index in [0.29, 0.717) is 16.9 Å². The van der Waals surface area contributed by atoms with Gasteiger partial charge in [0.2, 0.25) is 0 Å². The van der Waals surface area contributed by atoms with Crippen molar-refractivity contribution in [2.24, 2.45) is 0 Å². The van der Waals surface area contributed by atoms with Crippen molar-refractivity contribution in [1.29, 1.82) is 0 Å². The molecule has 1 aliphatic carbocycles. The minimum absolute atomic E-state index is 0.166. The van der Waals surface area contributed by atoms with Crippen molar-refractivity contribution in [2.75, 3.05) is 4.90 Å². The van der Waals surface area contributed by atoms with Gasteiger partial charge in [0.1, 0.15) is 5.82 Å². The van der Waals surface area contributed by atoms with Crippen LogP contribution < -0.4 is 4.90 Å². The average Bonchev–Trinajstić information content (AvgIpc) is 3.03. The van der Waals surface area contributed by atoms with Gasteiger partial charge in [-0.15, -0.1) is 0 Å². The molecule has 3 heteroatoms. The van der Waals surface area contributed by atoms with Crippen LogP contribution in [0.3, 0.4) is 0 Å². The summed E-state index contributed by atoms with van der Waals surface area (Å²) in [6.45, 7) is 10.3. The summed E-state index contributed by atoms with van der Waals surface area (Å²) >= 11 is 0. The highest BCUT2D eigenvalue weighted by atomic mass is 19.1. The number of para-hydroxylation sites is 1. The number of benzene rings is 4. The predicted octanol–water partition coefficient (Wildman–Crippen LogP) is 8.87. The van der Waals surface area contributed by atoms with Crippen molar-refractivity contribution in [3.63, 3.8) is 0 Å². The molecule has 0 aromatic heterocycles. The molecule has 0 aliphatic heterocycles. The van der Waals surface area contributed by atoms with Gasteiger partial charge in [0, 0.05) is 16.5 Å². The number of hydrogen-bond donors (Lipinski definition) is 0. The number of halogens is 2. The molecule has 0 atom stereocenters. The van der Waals surface area contributed by atoms with Crippen LogP contribution in [0.1, 0.15) is 45.7 Å². The molecule has 0 unspecified atom stereocenters. The molecule has 0 radical (unpaired) electrons. The second-order valence-electron chi connectivity index (χ2n) is 10.5. The quantitative estimate of drug-likeness (QED) is 0.299. The zero-order chi connectivity index (χ0) is 24.3. The molecule has 172 valence electrons. The molecule has 0 bridgehead atoms. The molecule has 4 aromatic carbocycles. The third-order valence-corrected chi connectivity index (χ3v) is 6.88. The maximum atomic E-state index is 16.4. The van der Waals surface area contributed by atoms with Gasteiger partial charge in [-0.3, -0.25) is 0 Å². The molecule has 4 aromatic rings. The first-order valence-corrected chi connectivity index (χ1v) is 11.7. The average molecular weight is 454 g/mol. The standard InChI is InChI=1S/C31H29F2N/c1-30(2,3)34(26-18-9-8-17-25(26)32)27-19-11-14-21(29(27)33)20-13-10-16-24-28(20)22-12-6-7-15-23(22)31(24,4)5/h6-19H,1-5H3. The Hall–Kier alpha value is -3.46. The first-order chi connectivity index (χ1) is 16.1. The molecular formula is C31H29F2N. The third-order valence-electron chi connectivity index (χ3n) is 6.88. The fourth-order valence-corrected chi connectivity index (χ4v) is 5.37. The highest BCUT2D eigenvalue weighted by molar-refractivity contribution is 5.93. The monoisotopic (exact) mass is 453 g/mol. The molecule has 1 aliphatic rings. The van der Waals surface area contributed by atoms with Crippen LogP contribution in [-0.2, 0) is 5.41 Å². The van der Waals surface area contributed by atoms with E-state index in [4.69, 9.17) is 0 Å². The topological polar surface area (TPSA) is 3.24 Å². The second-order valence-corrected chi connectivity index (χ2v) is 10.5. The Balaban J connectivity index is 1.76. The summed E-state index contributed by atoms with van der Waals surface area (Å²) < 4.78 is 31.3. The van der Waals surface area contributed by atoms with Crippen LogP contribution in [-0.4, -0.2) is 5.54 Å². The Morgan fingerprint density at radius 1 is 0.618 bits per heavy atom. The van der Waals surface area contributed by atoms with E-state index < -0.39 is 5.54 Å². The number of rotatable bonds is 3. The van der Waals surface area contributed by atoms with E-state index in [1.807, 2.05) is 51.1 Å². The SMILES string of the molecule is CC1(C)c2ccccc2-c2c(-c3cccc(N(c4ccccc4F)C(C)(C)C)c3F)cccc21. The van der Waals surface area contributed by atoms with Crippen LogP contribution in [0.2, 0.25) is 0 Å². The fourth-order valence-electron chi connectivity index (χ4n) is 5.37. The van der Waals surface area contributed by atoms with Gasteiger partial charge in [0.05, 0.1) is 11.4 Å². The third kappa shape index (κ3) is 3.34. The van der Waals surface area contributed by atoms with E-state index in [2.05, 4.69) is 38.1 Å². The van der Waals surface area contributed by atoms with Crippen molar-refractivity contribution in [3.8, 4) is 22.3 Å². The molecule has 1 nitrogen and oxygen atoms in total. The van der Waals surface area contributed by atoms with Gasteiger partial charge >= 0.3 is 0 Å². The summed E-state index contributed by atoms with van der Waals surface area (Å²) in [4.78, 5) is 1.75. The normalized spacial score (nSPS) is 14.0. The summed E-state index contributed by atoms with van der Waals surface area (Å²) in [5, 5.41) is 0. The van der Waals surface area contributed by atoms with Crippen molar-refractivity contribution in [2.45, 2.75) is 45.6 Å². The molecule has 0 amide bonds. The molecule has 34 heavy (non-hydrogen) atoms. The zero-order valence-corrected chi connectivity index (χ0v) is 20.3. The summed E-state index contributed by atoms with van der Waals surface area (Å²) in [6, 6.07) is 26.5. The van der Waals surface area contributed by atoms with Crippen LogP contribution in [0.15, 0.2) is 84.9 Å². The van der Waals surface area contributed by atoms with Crippen molar-refractivity contribution in [3.05, 3.63) is 108 Å². The molecule has 5 rings (SSSR count). The highest BCUT2D eigenvalue weighted by Crippen LogP contribution is 2.52. The van der Waals surface area contributed by atoms with Crippen LogP contribution in [0.5, 0.6) is 0 Å². The lowest BCUT2D eigenvalue weighted by molar-refractivity contribution is 0.527. The Labute approximate surface area is 200 Å². The van der Waals surface area contributed by atoms with Gasteiger partial charge in [-0.25, -0.2) is 8.78 Å². The number of anilines is 2. The zero-order valence-electron chi connectivity index (χ0n) is 20.3. The minimum atomic E-state index is -0.547. The molecule has 0 fully saturated rings. The summed E-state index contributed by atoms with van der Waals surface area (Å²) in [5.74, 6) is -0.727. The van der Waals surface area contributed by atoms with E-state index in [1.165, 1.54) is 17.2 Å². The molecule has 0 spiro atoms. The van der Waals surface area contributed by atoms with E-state index in [9.17, 15) is 4.39 Å². The van der Waals surface area contributed by atoms with Crippen molar-refractivity contribution < 1.29 is 8.78 Å². The Bertz CT molecular complexity index is 1390. The van der Waals surface area contributed by atoms with Crippen molar-refractivity contribution in [1.82, 2.24) is 0 Å². The van der Waals surface area contributed by atoms with Crippen LogP contribution >= 0.6 is 0 Å². The smallest absolute Gasteiger partial charge is 0.154 e. The lowest BCUT2D eigenvalue weighted by Crippen LogP contribution is -2.38. The van der Waals surface area contributed by atoms with Gasteiger partial charge in [0.25, 0.3) is 0 Å². The summed E-state index contributed by atoms with van der Waals surface area (Å²) in [5.41, 5.74) is 6.04. The molecule has 0 saturated heterocycles. The highest BCUT2D eigenvalue weighted by Gasteiger charge is 2.37. The summed E-state index contributed by atoms with van der Waals surface area (Å²) in [7, 11) is 0. The molecule has 0 N–H and O–H groups in total. The molecular weight excluding hydrogens is 424 g/mol. The number of fused-ring (bicyclic) bond motifs is 3. The van der Waals surface area contributed by atoms with Gasteiger partial charge in [-0.05, 0) is 66.8 Å². The van der Waals surface area contributed by atoms with E-state index >= 15 is 4.39 Å². The van der Waals surface area contributed by atoms with Gasteiger partial charge < -0.3 is 4.90 Å². The number of hydrogen-bond acceptors (Lipinski definition) is 1. The van der Waals surface area contributed by atoms with Gasteiger partial charge in [-0.1, -0.05) is 80.6 Å². The lowest BCUT2D eigenvalue weighted by Gasteiger charge is -2.38. The van der Waals surface area contributed by atoms with Gasteiger partial charge in [-0.2, -0.15) is 0 Å². The fraction of sp³-hybridized carbons (Fsp3) is 0.226. The summed E-state index contributed by atoms with van der Waals surface area (Å²) in [6.07, 6.45) is 0. The lowest BCUT2D eigenvalue weighted by atomic mass is 9.82. The predicted molar refractivity (Wildman–Crippen MR) is 138 cm³/mol. The molecule has 0 saturated carbocycles. The molecule has 0 heterocycles. The number of nitrogens with zero attached hydrogens (tertiary/aromatic N) is 1. The van der Waals surface area contributed by atoms with Crippen LogP contribution in [0, 0.1) is 11.6 Å². The van der Waals surface area contributed by atoms with Gasteiger partial charge in [0.15, 0.2) is 5.82 Å². The Morgan fingerprint density at radius 2 is 1.18 bits per heavy atom.